The van der Waals surface area contributed by atoms with Gasteiger partial charge >= 0.3 is 11.7 Å². The zero-order valence-electron chi connectivity index (χ0n) is 10.1. The molecule has 0 saturated heterocycles. The molecule has 0 bridgehead atoms. The van der Waals surface area contributed by atoms with E-state index in [1.807, 2.05) is 0 Å². The van der Waals surface area contributed by atoms with Crippen LogP contribution in [0.5, 0.6) is 11.5 Å². The summed E-state index contributed by atoms with van der Waals surface area (Å²) in [5.41, 5.74) is -0.363. The number of hydrogen-bond donors (Lipinski definition) is 1. The van der Waals surface area contributed by atoms with Crippen LogP contribution in [0.15, 0.2) is 35.1 Å². The van der Waals surface area contributed by atoms with Gasteiger partial charge in [0.15, 0.2) is 0 Å². The third-order valence-corrected chi connectivity index (χ3v) is 3.28. The molecule has 1 aromatic heterocycles. The lowest BCUT2D eigenvalue weighted by molar-refractivity contribution is -0.386. The first-order chi connectivity index (χ1) is 9.90. The van der Waals surface area contributed by atoms with E-state index in [0.717, 1.165) is 6.20 Å². The molecule has 0 unspecified atom stereocenters. The van der Waals surface area contributed by atoms with Gasteiger partial charge in [-0.05, 0) is 34.1 Å². The van der Waals surface area contributed by atoms with Gasteiger partial charge in [0, 0.05) is 6.20 Å². The molecule has 2 aromatic rings. The van der Waals surface area contributed by atoms with Crippen molar-refractivity contribution in [3.8, 4) is 11.5 Å². The van der Waals surface area contributed by atoms with Crippen molar-refractivity contribution in [3.05, 3.63) is 55.8 Å². The van der Waals surface area contributed by atoms with Crippen molar-refractivity contribution in [1.29, 1.82) is 0 Å². The fourth-order valence-corrected chi connectivity index (χ4v) is 2.09. The maximum Gasteiger partial charge on any atom is 0.335 e. The van der Waals surface area contributed by atoms with Gasteiger partial charge in [-0.15, -0.1) is 0 Å². The molecule has 0 saturated carbocycles. The number of carboxylic acid groups (broad SMARTS) is 1. The summed E-state index contributed by atoms with van der Waals surface area (Å²) in [4.78, 5) is 24.8. The second-order valence-electron chi connectivity index (χ2n) is 3.78. The number of nitro groups is 1. The van der Waals surface area contributed by atoms with Crippen LogP contribution < -0.4 is 4.74 Å². The number of aromatic nitrogens is 1. The molecule has 0 aliphatic carbocycles. The predicted octanol–water partition coefficient (Wildman–Crippen LogP) is 3.90. The maximum atomic E-state index is 10.9. The lowest BCUT2D eigenvalue weighted by atomic mass is 10.2. The number of nitrogens with zero attached hydrogens (tertiary/aromatic N) is 2. The number of rotatable bonds is 4. The number of benzene rings is 1. The molecule has 1 N–H and O–H groups in total. The lowest BCUT2D eigenvalue weighted by Crippen LogP contribution is -1.98. The van der Waals surface area contributed by atoms with Crippen molar-refractivity contribution in [2.75, 3.05) is 0 Å². The Bertz CT molecular complexity index is 738. The zero-order valence-corrected chi connectivity index (χ0v) is 12.5. The highest BCUT2D eigenvalue weighted by atomic mass is 79.9. The van der Waals surface area contributed by atoms with Gasteiger partial charge in [-0.3, -0.25) is 15.1 Å². The number of pyridine rings is 1. The second kappa shape index (κ2) is 6.06. The molecule has 0 atom stereocenters. The van der Waals surface area contributed by atoms with Gasteiger partial charge in [-0.1, -0.05) is 11.6 Å². The molecule has 0 spiro atoms. The van der Waals surface area contributed by atoms with Crippen LogP contribution in [-0.2, 0) is 0 Å². The Balaban J connectivity index is 2.44. The third-order valence-electron chi connectivity index (χ3n) is 2.42. The number of aromatic carboxylic acids is 1. The zero-order chi connectivity index (χ0) is 15.6. The molecule has 0 fully saturated rings. The highest BCUT2D eigenvalue weighted by Gasteiger charge is 2.21. The smallest absolute Gasteiger partial charge is 0.335 e. The lowest BCUT2D eigenvalue weighted by Gasteiger charge is -2.09. The highest BCUT2D eigenvalue weighted by Crippen LogP contribution is 2.39. The molecule has 0 radical (unpaired) electrons. The van der Waals surface area contributed by atoms with Crippen LogP contribution in [0, 0.1) is 10.1 Å². The van der Waals surface area contributed by atoms with Crippen molar-refractivity contribution in [1.82, 2.24) is 4.98 Å². The van der Waals surface area contributed by atoms with E-state index in [-0.39, 0.29) is 32.2 Å². The average molecular weight is 374 g/mol. The van der Waals surface area contributed by atoms with Crippen LogP contribution in [-0.4, -0.2) is 21.0 Å². The first-order valence-electron chi connectivity index (χ1n) is 5.38. The van der Waals surface area contributed by atoms with Gasteiger partial charge in [0.2, 0.25) is 5.75 Å². The van der Waals surface area contributed by atoms with Crippen molar-refractivity contribution in [3.63, 3.8) is 0 Å². The molecule has 21 heavy (non-hydrogen) atoms. The minimum absolute atomic E-state index is 0.0179. The van der Waals surface area contributed by atoms with Crippen LogP contribution in [0.3, 0.4) is 0 Å². The quantitative estimate of drug-likeness (QED) is 0.644. The van der Waals surface area contributed by atoms with Gasteiger partial charge in [0.05, 0.1) is 20.0 Å². The molecular formula is C12H6BrClN2O5. The summed E-state index contributed by atoms with van der Waals surface area (Å²) in [5, 5.41) is 19.8. The highest BCUT2D eigenvalue weighted by molar-refractivity contribution is 9.10. The van der Waals surface area contributed by atoms with Crippen molar-refractivity contribution >= 4 is 39.2 Å². The van der Waals surface area contributed by atoms with Crippen LogP contribution in [0.2, 0.25) is 5.02 Å². The van der Waals surface area contributed by atoms with Crippen LogP contribution in [0.4, 0.5) is 5.69 Å². The van der Waals surface area contributed by atoms with Gasteiger partial charge in [0.25, 0.3) is 0 Å². The molecule has 0 aliphatic heterocycles. The standard InChI is InChI=1S/C12H6BrClN2O5/c13-7-4-15-5-9(16(19)20)11(7)21-10-2-1-6(12(17)18)3-8(10)14/h1-5H,(H,17,18). The number of ether oxygens (including phenoxy) is 1. The van der Waals surface area contributed by atoms with Crippen LogP contribution >= 0.6 is 27.5 Å². The Morgan fingerprint density at radius 3 is 2.71 bits per heavy atom. The minimum Gasteiger partial charge on any atom is -0.478 e. The van der Waals surface area contributed by atoms with Crippen molar-refractivity contribution in [2.45, 2.75) is 0 Å². The molecule has 2 rings (SSSR count). The van der Waals surface area contributed by atoms with E-state index < -0.39 is 10.9 Å². The number of carbonyl (C=O) groups is 1. The Morgan fingerprint density at radius 1 is 1.43 bits per heavy atom. The maximum absolute atomic E-state index is 10.9. The molecule has 0 aliphatic rings. The van der Waals surface area contributed by atoms with E-state index in [1.165, 1.54) is 24.4 Å². The summed E-state index contributed by atoms with van der Waals surface area (Å²) in [5.74, 6) is -1.11. The largest absolute Gasteiger partial charge is 0.478 e. The Kier molecular flexibility index (Phi) is 4.39. The summed E-state index contributed by atoms with van der Waals surface area (Å²) < 4.78 is 5.69. The van der Waals surface area contributed by atoms with Crippen molar-refractivity contribution < 1.29 is 19.6 Å². The summed E-state index contributed by atoms with van der Waals surface area (Å²) in [6.45, 7) is 0. The first-order valence-corrected chi connectivity index (χ1v) is 6.56. The van der Waals surface area contributed by atoms with E-state index in [2.05, 4.69) is 20.9 Å². The summed E-state index contributed by atoms with van der Waals surface area (Å²) in [7, 11) is 0. The Hall–Kier alpha value is -2.19. The van der Waals surface area contributed by atoms with E-state index in [1.54, 1.807) is 0 Å². The van der Waals surface area contributed by atoms with Crippen LogP contribution in [0.25, 0.3) is 0 Å². The molecule has 0 amide bonds. The monoisotopic (exact) mass is 372 g/mol. The molecule has 7 nitrogen and oxygen atoms in total. The Morgan fingerprint density at radius 2 is 2.14 bits per heavy atom. The normalized spacial score (nSPS) is 10.2. The first kappa shape index (κ1) is 15.2. The fraction of sp³-hybridized carbons (Fsp3) is 0. The average Bonchev–Trinajstić information content (AvgIpc) is 2.42. The van der Waals surface area contributed by atoms with Gasteiger partial charge < -0.3 is 9.84 Å². The molecule has 108 valence electrons. The van der Waals surface area contributed by atoms with Crippen LogP contribution in [0.1, 0.15) is 10.4 Å². The number of hydrogen-bond acceptors (Lipinski definition) is 5. The summed E-state index contributed by atoms with van der Waals surface area (Å²) in [6, 6.07) is 3.80. The summed E-state index contributed by atoms with van der Waals surface area (Å²) in [6.07, 6.45) is 2.38. The van der Waals surface area contributed by atoms with E-state index in [0.29, 0.717) is 0 Å². The number of carboxylic acids is 1. The van der Waals surface area contributed by atoms with E-state index >= 15 is 0 Å². The Labute approximate surface area is 131 Å². The van der Waals surface area contributed by atoms with E-state index in [9.17, 15) is 14.9 Å². The summed E-state index contributed by atoms with van der Waals surface area (Å²) >= 11 is 9.02. The molecule has 1 aromatic carbocycles. The minimum atomic E-state index is -1.14. The third kappa shape index (κ3) is 3.29. The van der Waals surface area contributed by atoms with Gasteiger partial charge in [-0.25, -0.2) is 4.79 Å². The molecular weight excluding hydrogens is 367 g/mol. The molecule has 9 heteroatoms. The SMILES string of the molecule is O=C(O)c1ccc(Oc2c(Br)cncc2[N+](=O)[O-])c(Cl)c1. The van der Waals surface area contributed by atoms with Crippen molar-refractivity contribution in [2.24, 2.45) is 0 Å². The molecule has 1 heterocycles. The topological polar surface area (TPSA) is 103 Å². The van der Waals surface area contributed by atoms with Gasteiger partial charge in [0.1, 0.15) is 11.9 Å². The number of halogens is 2. The second-order valence-corrected chi connectivity index (χ2v) is 5.04. The predicted molar refractivity (Wildman–Crippen MR) is 77.1 cm³/mol. The van der Waals surface area contributed by atoms with Gasteiger partial charge in [-0.2, -0.15) is 0 Å². The van der Waals surface area contributed by atoms with E-state index in [4.69, 9.17) is 21.4 Å². The fourth-order valence-electron chi connectivity index (χ4n) is 1.47.